The third kappa shape index (κ3) is 3.84. The van der Waals surface area contributed by atoms with E-state index in [1.807, 2.05) is 19.1 Å². The van der Waals surface area contributed by atoms with Gasteiger partial charge in [0, 0.05) is 12.6 Å². The van der Waals surface area contributed by atoms with E-state index in [9.17, 15) is 8.42 Å². The van der Waals surface area contributed by atoms with Crippen molar-refractivity contribution < 1.29 is 8.42 Å². The maximum atomic E-state index is 12.8. The lowest BCUT2D eigenvalue weighted by atomic mass is 10.1. The number of nitrogens with one attached hydrogen (secondary N) is 1. The van der Waals surface area contributed by atoms with Crippen LogP contribution in [0.25, 0.3) is 0 Å². The summed E-state index contributed by atoms with van der Waals surface area (Å²) in [5, 5.41) is 3.28. The van der Waals surface area contributed by atoms with E-state index in [-0.39, 0.29) is 6.04 Å². The summed E-state index contributed by atoms with van der Waals surface area (Å²) < 4.78 is 27.3. The fourth-order valence-electron chi connectivity index (χ4n) is 2.97. The van der Waals surface area contributed by atoms with E-state index in [0.29, 0.717) is 11.4 Å². The van der Waals surface area contributed by atoms with Crippen molar-refractivity contribution in [1.82, 2.24) is 9.62 Å². The molecule has 0 atom stereocenters. The van der Waals surface area contributed by atoms with E-state index < -0.39 is 10.0 Å². The molecule has 4 nitrogen and oxygen atoms in total. The Kier molecular flexibility index (Phi) is 5.79. The maximum Gasteiger partial charge on any atom is 0.243 e. The van der Waals surface area contributed by atoms with Gasteiger partial charge in [-0.05, 0) is 50.0 Å². The molecule has 1 heterocycles. The van der Waals surface area contributed by atoms with Crippen LogP contribution in [0.2, 0.25) is 0 Å². The molecule has 21 heavy (non-hydrogen) atoms. The molecule has 1 saturated heterocycles. The molecule has 0 saturated carbocycles. The molecule has 1 aliphatic rings. The summed E-state index contributed by atoms with van der Waals surface area (Å²) in [4.78, 5) is 0.419. The lowest BCUT2D eigenvalue weighted by molar-refractivity contribution is 0.271. The third-order valence-corrected chi connectivity index (χ3v) is 6.14. The van der Waals surface area contributed by atoms with E-state index in [2.05, 4.69) is 12.2 Å². The van der Waals surface area contributed by atoms with Crippen molar-refractivity contribution in [1.29, 1.82) is 0 Å². The van der Waals surface area contributed by atoms with Gasteiger partial charge in [0.25, 0.3) is 0 Å². The number of nitrogens with zero attached hydrogens (tertiary/aromatic N) is 1. The van der Waals surface area contributed by atoms with Gasteiger partial charge < -0.3 is 5.32 Å². The van der Waals surface area contributed by atoms with Gasteiger partial charge in [0.05, 0.1) is 4.90 Å². The number of aryl methyl sites for hydroxylation is 1. The van der Waals surface area contributed by atoms with Crippen LogP contribution in [0.15, 0.2) is 29.2 Å². The highest BCUT2D eigenvalue weighted by Crippen LogP contribution is 2.22. The van der Waals surface area contributed by atoms with Crippen LogP contribution in [-0.4, -0.2) is 38.4 Å². The molecule has 0 spiro atoms. The van der Waals surface area contributed by atoms with Gasteiger partial charge in [-0.25, -0.2) is 8.42 Å². The first-order valence-corrected chi connectivity index (χ1v) is 9.35. The molecule has 1 aliphatic heterocycles. The zero-order chi connectivity index (χ0) is 15.3. The Morgan fingerprint density at radius 3 is 2.29 bits per heavy atom. The van der Waals surface area contributed by atoms with Gasteiger partial charge in [-0.1, -0.05) is 32.4 Å². The van der Waals surface area contributed by atoms with Crippen molar-refractivity contribution in [2.45, 2.75) is 50.5 Å². The number of benzene rings is 1. The Morgan fingerprint density at radius 2 is 1.76 bits per heavy atom. The van der Waals surface area contributed by atoms with Gasteiger partial charge in [-0.15, -0.1) is 0 Å². The van der Waals surface area contributed by atoms with Crippen LogP contribution >= 0.6 is 0 Å². The molecule has 1 aromatic carbocycles. The number of piperidine rings is 1. The quantitative estimate of drug-likeness (QED) is 0.878. The average molecular weight is 310 g/mol. The van der Waals surface area contributed by atoms with Gasteiger partial charge in [0.1, 0.15) is 0 Å². The van der Waals surface area contributed by atoms with Gasteiger partial charge in [0.15, 0.2) is 0 Å². The third-order valence-electron chi connectivity index (χ3n) is 4.10. The summed E-state index contributed by atoms with van der Waals surface area (Å²) in [6.07, 6.45) is 3.84. The maximum absolute atomic E-state index is 12.8. The molecule has 118 valence electrons. The fourth-order valence-corrected chi connectivity index (χ4v) is 4.67. The Morgan fingerprint density at radius 1 is 1.14 bits per heavy atom. The Bertz CT molecular complexity index is 534. The summed E-state index contributed by atoms with van der Waals surface area (Å²) in [6.45, 7) is 6.37. The molecular formula is C16H26N2O2S. The summed E-state index contributed by atoms with van der Waals surface area (Å²) in [5.41, 5.74) is 1.20. The second-order valence-electron chi connectivity index (χ2n) is 5.58. The largest absolute Gasteiger partial charge is 0.317 e. The molecule has 0 amide bonds. The smallest absolute Gasteiger partial charge is 0.243 e. The molecule has 1 fully saturated rings. The highest BCUT2D eigenvalue weighted by Gasteiger charge is 2.30. The molecule has 0 aliphatic carbocycles. The van der Waals surface area contributed by atoms with Crippen LogP contribution in [0.5, 0.6) is 0 Å². The van der Waals surface area contributed by atoms with Crippen molar-refractivity contribution in [2.24, 2.45) is 0 Å². The minimum Gasteiger partial charge on any atom is -0.317 e. The first-order chi connectivity index (χ1) is 10.1. The minimum atomic E-state index is -3.38. The van der Waals surface area contributed by atoms with Gasteiger partial charge in [-0.3, -0.25) is 0 Å². The number of rotatable bonds is 6. The summed E-state index contributed by atoms with van der Waals surface area (Å²) in [6, 6.07) is 7.50. The highest BCUT2D eigenvalue weighted by atomic mass is 32.2. The second kappa shape index (κ2) is 7.38. The van der Waals surface area contributed by atoms with Crippen LogP contribution in [0.3, 0.4) is 0 Å². The Labute approximate surface area is 128 Å². The van der Waals surface area contributed by atoms with Crippen LogP contribution in [-0.2, 0) is 16.4 Å². The number of sulfonamides is 1. The van der Waals surface area contributed by atoms with Crippen LogP contribution in [0, 0.1) is 0 Å². The van der Waals surface area contributed by atoms with Crippen molar-refractivity contribution in [2.75, 3.05) is 19.6 Å². The van der Waals surface area contributed by atoms with Gasteiger partial charge in [0.2, 0.25) is 10.0 Å². The van der Waals surface area contributed by atoms with E-state index >= 15 is 0 Å². The van der Waals surface area contributed by atoms with E-state index in [1.165, 1.54) is 5.56 Å². The molecule has 1 aromatic rings. The molecule has 0 aromatic heterocycles. The van der Waals surface area contributed by atoms with Crippen LogP contribution in [0.4, 0.5) is 0 Å². The monoisotopic (exact) mass is 310 g/mol. The predicted molar refractivity (Wildman–Crippen MR) is 85.9 cm³/mol. The zero-order valence-corrected chi connectivity index (χ0v) is 13.8. The normalized spacial score (nSPS) is 17.3. The Balaban J connectivity index is 2.21. The predicted octanol–water partition coefficient (Wildman–Crippen LogP) is 2.40. The summed E-state index contributed by atoms with van der Waals surface area (Å²) in [7, 11) is -3.38. The molecule has 0 unspecified atom stereocenters. The Hall–Kier alpha value is -0.910. The minimum absolute atomic E-state index is 0.122. The molecular weight excluding hydrogens is 284 g/mol. The number of hydrogen-bond donors (Lipinski definition) is 1. The van der Waals surface area contributed by atoms with Crippen molar-refractivity contribution in [3.63, 3.8) is 0 Å². The molecule has 0 radical (unpaired) electrons. The lowest BCUT2D eigenvalue weighted by Gasteiger charge is -2.33. The molecule has 1 N–H and O–H groups in total. The first kappa shape index (κ1) is 16.5. The molecule has 2 rings (SSSR count). The van der Waals surface area contributed by atoms with Gasteiger partial charge >= 0.3 is 0 Å². The fraction of sp³-hybridized carbons (Fsp3) is 0.625. The van der Waals surface area contributed by atoms with Crippen molar-refractivity contribution in [3.8, 4) is 0 Å². The number of hydrogen-bond acceptors (Lipinski definition) is 3. The lowest BCUT2D eigenvalue weighted by Crippen LogP contribution is -2.45. The first-order valence-electron chi connectivity index (χ1n) is 7.91. The SMILES string of the molecule is CCCc1ccc(S(=O)(=O)N(CC)C2CCNCC2)cc1. The van der Waals surface area contributed by atoms with Crippen molar-refractivity contribution in [3.05, 3.63) is 29.8 Å². The van der Waals surface area contributed by atoms with Crippen molar-refractivity contribution >= 4 is 10.0 Å². The van der Waals surface area contributed by atoms with Gasteiger partial charge in [-0.2, -0.15) is 4.31 Å². The second-order valence-corrected chi connectivity index (χ2v) is 7.47. The zero-order valence-electron chi connectivity index (χ0n) is 13.0. The highest BCUT2D eigenvalue weighted by molar-refractivity contribution is 7.89. The summed E-state index contributed by atoms with van der Waals surface area (Å²) in [5.74, 6) is 0. The van der Waals surface area contributed by atoms with Crippen LogP contribution < -0.4 is 5.32 Å². The van der Waals surface area contributed by atoms with E-state index in [4.69, 9.17) is 0 Å². The topological polar surface area (TPSA) is 49.4 Å². The molecule has 0 bridgehead atoms. The standard InChI is InChI=1S/C16H26N2O2S/c1-3-5-14-6-8-16(9-7-14)21(19,20)18(4-2)15-10-12-17-13-11-15/h6-9,15,17H,3-5,10-13H2,1-2H3. The average Bonchev–Trinajstić information content (AvgIpc) is 2.50. The van der Waals surface area contributed by atoms with E-state index in [1.54, 1.807) is 16.4 Å². The van der Waals surface area contributed by atoms with E-state index in [0.717, 1.165) is 38.8 Å². The van der Waals surface area contributed by atoms with Crippen LogP contribution in [0.1, 0.15) is 38.7 Å². The molecule has 5 heteroatoms. The summed E-state index contributed by atoms with van der Waals surface area (Å²) >= 11 is 0.